The number of benzene rings is 3. The third-order valence-electron chi connectivity index (χ3n) is 3.78. The van der Waals surface area contributed by atoms with Gasteiger partial charge in [0, 0.05) is 21.3 Å². The van der Waals surface area contributed by atoms with E-state index >= 15 is 0 Å². The molecule has 0 aromatic heterocycles. The van der Waals surface area contributed by atoms with Crippen molar-refractivity contribution in [2.24, 2.45) is 4.99 Å². The van der Waals surface area contributed by atoms with Crippen LogP contribution in [0.3, 0.4) is 0 Å². The van der Waals surface area contributed by atoms with Crippen molar-refractivity contribution in [3.8, 4) is 5.75 Å². The molecule has 0 bridgehead atoms. The van der Waals surface area contributed by atoms with Crippen molar-refractivity contribution in [3.63, 3.8) is 0 Å². The molecule has 0 radical (unpaired) electrons. The van der Waals surface area contributed by atoms with E-state index in [1.807, 2.05) is 67.6 Å². The van der Waals surface area contributed by atoms with Crippen molar-refractivity contribution >= 4 is 55.4 Å². The van der Waals surface area contributed by atoms with Gasteiger partial charge >= 0.3 is 0 Å². The van der Waals surface area contributed by atoms with Gasteiger partial charge in [0.2, 0.25) is 0 Å². The molecule has 0 aliphatic heterocycles. The van der Waals surface area contributed by atoms with Gasteiger partial charge in [-0.2, -0.15) is 0 Å². The maximum absolute atomic E-state index is 6.08. The Morgan fingerprint density at radius 3 is 2.58 bits per heavy atom. The molecule has 0 fully saturated rings. The van der Waals surface area contributed by atoms with E-state index < -0.39 is 0 Å². The molecule has 0 saturated carbocycles. The lowest BCUT2D eigenvalue weighted by atomic mass is 10.2. The lowest BCUT2D eigenvalue weighted by Crippen LogP contribution is -1.99. The molecule has 0 atom stereocenters. The predicted molar refractivity (Wildman–Crippen MR) is 116 cm³/mol. The molecule has 0 amide bonds. The minimum atomic E-state index is 0.484. The predicted octanol–water partition coefficient (Wildman–Crippen LogP) is 7.50. The molecular formula is C21H16Br2ClNO. The van der Waals surface area contributed by atoms with Gasteiger partial charge in [0.15, 0.2) is 0 Å². The highest BCUT2D eigenvalue weighted by Gasteiger charge is 2.10. The number of aryl methyl sites for hydroxylation is 1. The molecule has 0 aliphatic rings. The Kier molecular flexibility index (Phi) is 6.52. The molecule has 3 aromatic carbocycles. The molecular weight excluding hydrogens is 477 g/mol. The van der Waals surface area contributed by atoms with Crippen LogP contribution in [0.1, 0.15) is 16.7 Å². The van der Waals surface area contributed by atoms with E-state index in [1.54, 1.807) is 6.21 Å². The van der Waals surface area contributed by atoms with Crippen LogP contribution in [0.5, 0.6) is 5.75 Å². The summed E-state index contributed by atoms with van der Waals surface area (Å²) in [4.78, 5) is 4.60. The molecule has 3 aromatic rings. The molecule has 0 spiro atoms. The first-order chi connectivity index (χ1) is 12.5. The van der Waals surface area contributed by atoms with Crippen LogP contribution >= 0.6 is 43.5 Å². The van der Waals surface area contributed by atoms with E-state index in [9.17, 15) is 0 Å². The number of halogens is 3. The van der Waals surface area contributed by atoms with Crippen LogP contribution < -0.4 is 4.74 Å². The van der Waals surface area contributed by atoms with Gasteiger partial charge < -0.3 is 4.74 Å². The van der Waals surface area contributed by atoms with Gasteiger partial charge in [-0.15, -0.1) is 0 Å². The number of hydrogen-bond acceptors (Lipinski definition) is 2. The molecule has 3 rings (SSSR count). The fourth-order valence-electron chi connectivity index (χ4n) is 2.42. The van der Waals surface area contributed by atoms with Gasteiger partial charge in [0.05, 0.1) is 10.2 Å². The molecule has 2 nitrogen and oxygen atoms in total. The van der Waals surface area contributed by atoms with E-state index in [4.69, 9.17) is 16.3 Å². The SMILES string of the molecule is Cc1ccc(Cl)cc1N=Cc1cc(Br)cc(Br)c1OCc1ccccc1. The first kappa shape index (κ1) is 19.2. The normalized spacial score (nSPS) is 11.1. The van der Waals surface area contributed by atoms with Crippen molar-refractivity contribution in [2.45, 2.75) is 13.5 Å². The number of rotatable bonds is 5. The highest BCUT2D eigenvalue weighted by atomic mass is 79.9. The standard InChI is InChI=1S/C21H16Br2ClNO/c1-14-7-8-18(24)11-20(14)25-12-16-9-17(22)10-19(23)21(16)26-13-15-5-3-2-4-6-15/h2-12H,13H2,1H3. The summed E-state index contributed by atoms with van der Waals surface area (Å²) in [7, 11) is 0. The largest absolute Gasteiger partial charge is 0.487 e. The van der Waals surface area contributed by atoms with Gasteiger partial charge in [-0.25, -0.2) is 0 Å². The molecule has 0 unspecified atom stereocenters. The second kappa shape index (κ2) is 8.85. The van der Waals surface area contributed by atoms with Crippen LogP contribution in [0, 0.1) is 6.92 Å². The summed E-state index contributed by atoms with van der Waals surface area (Å²) in [5.74, 6) is 0.750. The molecule has 0 heterocycles. The van der Waals surface area contributed by atoms with Crippen molar-refractivity contribution in [2.75, 3.05) is 0 Å². The van der Waals surface area contributed by atoms with Crippen LogP contribution in [0.15, 0.2) is 74.6 Å². The van der Waals surface area contributed by atoms with E-state index in [-0.39, 0.29) is 0 Å². The average Bonchev–Trinajstić information content (AvgIpc) is 2.62. The van der Waals surface area contributed by atoms with Crippen molar-refractivity contribution in [3.05, 3.63) is 91.3 Å². The van der Waals surface area contributed by atoms with Gasteiger partial charge in [-0.1, -0.05) is 63.9 Å². The average molecular weight is 494 g/mol. The van der Waals surface area contributed by atoms with Crippen LogP contribution in [-0.2, 0) is 6.61 Å². The third-order valence-corrected chi connectivity index (χ3v) is 5.06. The van der Waals surface area contributed by atoms with Gasteiger partial charge in [0.1, 0.15) is 12.4 Å². The van der Waals surface area contributed by atoms with Gasteiger partial charge in [-0.05, 0) is 58.2 Å². The minimum absolute atomic E-state index is 0.484. The highest BCUT2D eigenvalue weighted by molar-refractivity contribution is 9.11. The van der Waals surface area contributed by atoms with Gasteiger partial charge in [0.25, 0.3) is 0 Å². The number of ether oxygens (including phenoxy) is 1. The second-order valence-corrected chi connectivity index (χ2v) is 7.98. The molecule has 0 N–H and O–H groups in total. The molecule has 5 heteroatoms. The zero-order valence-corrected chi connectivity index (χ0v) is 18.0. The van der Waals surface area contributed by atoms with E-state index in [2.05, 4.69) is 36.9 Å². The van der Waals surface area contributed by atoms with E-state index in [0.29, 0.717) is 11.6 Å². The fourth-order valence-corrected chi connectivity index (χ4v) is 3.96. The summed E-state index contributed by atoms with van der Waals surface area (Å²) < 4.78 is 7.88. The Labute approximate surface area is 175 Å². The Hall–Kier alpha value is -1.62. The quantitative estimate of drug-likeness (QED) is 0.337. The van der Waals surface area contributed by atoms with E-state index in [1.165, 1.54) is 0 Å². The lowest BCUT2D eigenvalue weighted by Gasteiger charge is -2.12. The topological polar surface area (TPSA) is 21.6 Å². The first-order valence-corrected chi connectivity index (χ1v) is 9.95. The number of hydrogen-bond donors (Lipinski definition) is 0. The lowest BCUT2D eigenvalue weighted by molar-refractivity contribution is 0.304. The zero-order chi connectivity index (χ0) is 18.5. The number of nitrogens with zero attached hydrogens (tertiary/aromatic N) is 1. The zero-order valence-electron chi connectivity index (χ0n) is 14.0. The molecule has 0 saturated heterocycles. The Bertz CT molecular complexity index is 942. The summed E-state index contributed by atoms with van der Waals surface area (Å²) in [6.07, 6.45) is 1.80. The summed E-state index contributed by atoms with van der Waals surface area (Å²) in [6.45, 7) is 2.49. The van der Waals surface area contributed by atoms with Gasteiger partial charge in [-0.3, -0.25) is 4.99 Å². The van der Waals surface area contributed by atoms with Crippen LogP contribution in [0.25, 0.3) is 0 Å². The van der Waals surface area contributed by atoms with Crippen LogP contribution in [0.4, 0.5) is 5.69 Å². The molecule has 0 aliphatic carbocycles. The molecule has 132 valence electrons. The van der Waals surface area contributed by atoms with E-state index in [0.717, 1.165) is 37.1 Å². The monoisotopic (exact) mass is 491 g/mol. The van der Waals surface area contributed by atoms with Crippen LogP contribution in [-0.4, -0.2) is 6.21 Å². The number of aliphatic imine (C=N–C) groups is 1. The van der Waals surface area contributed by atoms with Crippen LogP contribution in [0.2, 0.25) is 5.02 Å². The van der Waals surface area contributed by atoms with Crippen molar-refractivity contribution in [1.82, 2.24) is 0 Å². The Morgan fingerprint density at radius 1 is 1.04 bits per heavy atom. The first-order valence-electron chi connectivity index (χ1n) is 7.99. The van der Waals surface area contributed by atoms with Crippen molar-refractivity contribution in [1.29, 1.82) is 0 Å². The second-order valence-electron chi connectivity index (χ2n) is 5.77. The third kappa shape index (κ3) is 4.97. The summed E-state index contributed by atoms with van der Waals surface area (Å²) in [6, 6.07) is 19.7. The maximum atomic E-state index is 6.08. The molecule has 26 heavy (non-hydrogen) atoms. The van der Waals surface area contributed by atoms with Crippen molar-refractivity contribution < 1.29 is 4.74 Å². The summed E-state index contributed by atoms with van der Waals surface area (Å²) in [5, 5.41) is 0.665. The summed E-state index contributed by atoms with van der Waals surface area (Å²) in [5.41, 5.74) is 3.88. The maximum Gasteiger partial charge on any atom is 0.142 e. The minimum Gasteiger partial charge on any atom is -0.487 e. The highest BCUT2D eigenvalue weighted by Crippen LogP contribution is 2.33. The smallest absolute Gasteiger partial charge is 0.142 e. The Morgan fingerprint density at radius 2 is 1.81 bits per heavy atom. The summed E-state index contributed by atoms with van der Waals surface area (Å²) >= 11 is 13.2. The fraction of sp³-hybridized carbons (Fsp3) is 0.0952. The Balaban J connectivity index is 1.90.